The molecule has 1 aromatic rings. The predicted octanol–water partition coefficient (Wildman–Crippen LogP) is 1.30. The number of methoxy groups -OCH3 is 1. The number of esters is 1. The number of benzene rings is 1. The van der Waals surface area contributed by atoms with E-state index in [0.29, 0.717) is 17.1 Å². The highest BCUT2D eigenvalue weighted by Crippen LogP contribution is 2.28. The Morgan fingerprint density at radius 1 is 1.17 bits per heavy atom. The van der Waals surface area contributed by atoms with Crippen LogP contribution in [0.1, 0.15) is 24.2 Å². The maximum atomic E-state index is 11.7. The monoisotopic (exact) mass is 323 g/mol. The summed E-state index contributed by atoms with van der Waals surface area (Å²) in [6, 6.07) is 4.64. The van der Waals surface area contributed by atoms with Crippen LogP contribution in [-0.2, 0) is 14.3 Å². The lowest BCUT2D eigenvalue weighted by atomic mass is 10.1. The molecule has 0 aliphatic heterocycles. The fraction of sp³-hybridized carbons (Fsp3) is 0.438. The Labute approximate surface area is 135 Å². The maximum Gasteiger partial charge on any atom is 0.344 e. The van der Waals surface area contributed by atoms with E-state index in [2.05, 4.69) is 0 Å². The Morgan fingerprint density at radius 3 is 2.35 bits per heavy atom. The van der Waals surface area contributed by atoms with Crippen LogP contribution in [0.5, 0.6) is 11.5 Å². The molecule has 7 heteroatoms. The van der Waals surface area contributed by atoms with Gasteiger partial charge >= 0.3 is 5.97 Å². The SMILES string of the molecule is COc1cc(C(C)=O)ccc1OCC(=O)O[C@@H](C)C(=O)N(C)C. The molecule has 0 spiro atoms. The van der Waals surface area contributed by atoms with Crippen molar-refractivity contribution >= 4 is 17.7 Å². The molecular weight excluding hydrogens is 302 g/mol. The average molecular weight is 323 g/mol. The van der Waals surface area contributed by atoms with Gasteiger partial charge in [0.1, 0.15) is 0 Å². The Morgan fingerprint density at radius 2 is 1.83 bits per heavy atom. The van der Waals surface area contributed by atoms with E-state index in [4.69, 9.17) is 14.2 Å². The molecule has 0 unspecified atom stereocenters. The van der Waals surface area contributed by atoms with E-state index in [1.807, 2.05) is 0 Å². The highest BCUT2D eigenvalue weighted by molar-refractivity contribution is 5.94. The Hall–Kier alpha value is -2.57. The number of carbonyl (C=O) groups is 3. The molecule has 0 saturated heterocycles. The Kier molecular flexibility index (Phi) is 6.56. The molecule has 0 heterocycles. The third-order valence-corrected chi connectivity index (χ3v) is 3.01. The van der Waals surface area contributed by atoms with Crippen LogP contribution in [0.4, 0.5) is 0 Å². The molecule has 0 saturated carbocycles. The summed E-state index contributed by atoms with van der Waals surface area (Å²) < 4.78 is 15.4. The van der Waals surface area contributed by atoms with Crippen molar-refractivity contribution in [2.75, 3.05) is 27.8 Å². The lowest BCUT2D eigenvalue weighted by Crippen LogP contribution is -2.35. The summed E-state index contributed by atoms with van der Waals surface area (Å²) >= 11 is 0. The zero-order valence-corrected chi connectivity index (χ0v) is 13.9. The highest BCUT2D eigenvalue weighted by atomic mass is 16.6. The molecule has 0 radical (unpaired) electrons. The fourth-order valence-corrected chi connectivity index (χ4v) is 1.79. The number of hydrogen-bond donors (Lipinski definition) is 0. The summed E-state index contributed by atoms with van der Waals surface area (Å²) in [6.45, 7) is 2.55. The molecule has 0 aromatic heterocycles. The number of hydrogen-bond acceptors (Lipinski definition) is 6. The van der Waals surface area contributed by atoms with Gasteiger partial charge in [-0.2, -0.15) is 0 Å². The van der Waals surface area contributed by atoms with Gasteiger partial charge in [-0.25, -0.2) is 4.79 Å². The van der Waals surface area contributed by atoms with Gasteiger partial charge in [-0.15, -0.1) is 0 Å². The van der Waals surface area contributed by atoms with Gasteiger partial charge in [-0.3, -0.25) is 9.59 Å². The predicted molar refractivity (Wildman–Crippen MR) is 82.7 cm³/mol. The second kappa shape index (κ2) is 8.17. The number of rotatable bonds is 7. The molecule has 0 aliphatic rings. The van der Waals surface area contributed by atoms with E-state index in [-0.39, 0.29) is 18.3 Å². The zero-order valence-electron chi connectivity index (χ0n) is 13.9. The van der Waals surface area contributed by atoms with E-state index < -0.39 is 12.1 Å². The second-order valence-corrected chi connectivity index (χ2v) is 5.08. The van der Waals surface area contributed by atoms with Crippen molar-refractivity contribution in [3.05, 3.63) is 23.8 Å². The van der Waals surface area contributed by atoms with Crippen molar-refractivity contribution in [2.24, 2.45) is 0 Å². The summed E-state index contributed by atoms with van der Waals surface area (Å²) in [5.74, 6) is -0.457. The van der Waals surface area contributed by atoms with Crippen LogP contribution in [0.25, 0.3) is 0 Å². The molecule has 1 rings (SSSR count). The molecule has 126 valence electrons. The van der Waals surface area contributed by atoms with E-state index in [1.165, 1.54) is 38.0 Å². The molecular formula is C16H21NO6. The number of ether oxygens (including phenoxy) is 3. The third-order valence-electron chi connectivity index (χ3n) is 3.01. The first kappa shape index (κ1) is 18.5. The number of Topliss-reactive ketones (excluding diaryl/α,β-unsaturated/α-hetero) is 1. The standard InChI is InChI=1S/C16H21NO6/c1-10(18)12-6-7-13(14(8-12)21-5)22-9-15(19)23-11(2)16(20)17(3)4/h6-8,11H,9H2,1-5H3/t11-/m0/s1. The van der Waals surface area contributed by atoms with Gasteiger partial charge in [-0.05, 0) is 32.0 Å². The highest BCUT2D eigenvalue weighted by Gasteiger charge is 2.20. The van der Waals surface area contributed by atoms with Crippen molar-refractivity contribution in [3.8, 4) is 11.5 Å². The molecule has 1 amide bonds. The van der Waals surface area contributed by atoms with Crippen molar-refractivity contribution in [2.45, 2.75) is 20.0 Å². The Bertz CT molecular complexity index is 596. The van der Waals surface area contributed by atoms with Crippen LogP contribution in [0.3, 0.4) is 0 Å². The summed E-state index contributed by atoms with van der Waals surface area (Å²) in [5.41, 5.74) is 0.474. The average Bonchev–Trinajstić information content (AvgIpc) is 2.51. The summed E-state index contributed by atoms with van der Waals surface area (Å²) in [6.07, 6.45) is -0.886. The zero-order chi connectivity index (χ0) is 17.6. The first-order valence-corrected chi connectivity index (χ1v) is 6.98. The molecule has 1 atom stereocenters. The van der Waals surface area contributed by atoms with E-state index in [9.17, 15) is 14.4 Å². The minimum atomic E-state index is -0.886. The third kappa shape index (κ3) is 5.28. The van der Waals surface area contributed by atoms with Crippen molar-refractivity contribution < 1.29 is 28.6 Å². The number of nitrogens with zero attached hydrogens (tertiary/aromatic N) is 1. The van der Waals surface area contributed by atoms with Gasteiger partial charge in [0.25, 0.3) is 5.91 Å². The van der Waals surface area contributed by atoms with Crippen LogP contribution in [0.2, 0.25) is 0 Å². The fourth-order valence-electron chi connectivity index (χ4n) is 1.79. The first-order valence-electron chi connectivity index (χ1n) is 6.98. The summed E-state index contributed by atoms with van der Waals surface area (Å²) in [7, 11) is 4.58. The molecule has 7 nitrogen and oxygen atoms in total. The largest absolute Gasteiger partial charge is 0.493 e. The lowest BCUT2D eigenvalue weighted by Gasteiger charge is -2.17. The summed E-state index contributed by atoms with van der Waals surface area (Å²) in [4.78, 5) is 36.0. The van der Waals surface area contributed by atoms with E-state index >= 15 is 0 Å². The molecule has 0 aliphatic carbocycles. The molecule has 0 fully saturated rings. The summed E-state index contributed by atoms with van der Waals surface area (Å²) in [5, 5.41) is 0. The van der Waals surface area contributed by atoms with E-state index in [0.717, 1.165) is 0 Å². The van der Waals surface area contributed by atoms with Crippen LogP contribution in [0.15, 0.2) is 18.2 Å². The van der Waals surface area contributed by atoms with Gasteiger partial charge in [0.15, 0.2) is 30.0 Å². The number of likely N-dealkylation sites (N-methyl/N-ethyl adjacent to an activating group) is 1. The van der Waals surface area contributed by atoms with Crippen LogP contribution in [0, 0.1) is 0 Å². The quantitative estimate of drug-likeness (QED) is 0.555. The van der Waals surface area contributed by atoms with Crippen molar-refractivity contribution in [1.82, 2.24) is 4.90 Å². The molecule has 23 heavy (non-hydrogen) atoms. The van der Waals surface area contributed by atoms with Gasteiger partial charge < -0.3 is 19.1 Å². The van der Waals surface area contributed by atoms with Crippen LogP contribution < -0.4 is 9.47 Å². The Balaban J connectivity index is 2.66. The number of carbonyl (C=O) groups excluding carboxylic acids is 3. The van der Waals surface area contributed by atoms with Gasteiger partial charge in [0.05, 0.1) is 7.11 Å². The lowest BCUT2D eigenvalue weighted by molar-refractivity contribution is -0.159. The normalized spacial score (nSPS) is 11.3. The number of ketones is 1. The molecule has 0 bridgehead atoms. The molecule has 1 aromatic carbocycles. The van der Waals surface area contributed by atoms with Crippen LogP contribution >= 0.6 is 0 Å². The van der Waals surface area contributed by atoms with Gasteiger partial charge in [0, 0.05) is 19.7 Å². The van der Waals surface area contributed by atoms with Crippen molar-refractivity contribution in [3.63, 3.8) is 0 Å². The van der Waals surface area contributed by atoms with Gasteiger partial charge in [-0.1, -0.05) is 0 Å². The first-order chi connectivity index (χ1) is 10.8. The van der Waals surface area contributed by atoms with Crippen molar-refractivity contribution in [1.29, 1.82) is 0 Å². The minimum Gasteiger partial charge on any atom is -0.493 e. The van der Waals surface area contributed by atoms with Gasteiger partial charge in [0.2, 0.25) is 0 Å². The minimum absolute atomic E-state index is 0.106. The number of amides is 1. The topological polar surface area (TPSA) is 82.1 Å². The van der Waals surface area contributed by atoms with Crippen LogP contribution in [-0.4, -0.2) is 56.5 Å². The van der Waals surface area contributed by atoms with E-state index in [1.54, 1.807) is 20.2 Å². The second-order valence-electron chi connectivity index (χ2n) is 5.08. The maximum absolute atomic E-state index is 11.7. The molecule has 0 N–H and O–H groups in total. The smallest absolute Gasteiger partial charge is 0.344 e.